The van der Waals surface area contributed by atoms with Crippen molar-refractivity contribution in [2.24, 2.45) is 0 Å². The summed E-state index contributed by atoms with van der Waals surface area (Å²) < 4.78 is 6.01. The van der Waals surface area contributed by atoms with E-state index in [4.69, 9.17) is 39.5 Å². The molecule has 140 valence electrons. The van der Waals surface area contributed by atoms with Crippen molar-refractivity contribution in [3.8, 4) is 5.75 Å². The molecule has 3 rings (SSSR count). The summed E-state index contributed by atoms with van der Waals surface area (Å²) >= 11 is 18.2. The zero-order chi connectivity index (χ0) is 19.2. The summed E-state index contributed by atoms with van der Waals surface area (Å²) in [5.74, 6) is 0.790. The van der Waals surface area contributed by atoms with E-state index in [9.17, 15) is 0 Å². The maximum Gasteiger partial charge on any atom is 0.124 e. The molecular formula is C22H20Cl3NO. The molecule has 0 saturated carbocycles. The van der Waals surface area contributed by atoms with Crippen molar-refractivity contribution >= 4 is 34.8 Å². The minimum Gasteiger partial charge on any atom is -0.489 e. The van der Waals surface area contributed by atoms with E-state index < -0.39 is 0 Å². The van der Waals surface area contributed by atoms with Crippen LogP contribution in [-0.2, 0) is 13.2 Å². The highest BCUT2D eigenvalue weighted by molar-refractivity contribution is 6.42. The van der Waals surface area contributed by atoms with E-state index in [0.717, 1.165) is 16.9 Å². The molecule has 0 saturated heterocycles. The number of nitrogens with one attached hydrogen (secondary N) is 1. The van der Waals surface area contributed by atoms with Gasteiger partial charge >= 0.3 is 0 Å². The molecule has 1 unspecified atom stereocenters. The van der Waals surface area contributed by atoms with Crippen LogP contribution in [0.15, 0.2) is 66.7 Å². The molecule has 0 aliphatic rings. The summed E-state index contributed by atoms with van der Waals surface area (Å²) in [5, 5.41) is 5.26. The van der Waals surface area contributed by atoms with Crippen LogP contribution in [0.3, 0.4) is 0 Å². The highest BCUT2D eigenvalue weighted by Crippen LogP contribution is 2.27. The molecule has 27 heavy (non-hydrogen) atoms. The van der Waals surface area contributed by atoms with Crippen LogP contribution in [0.2, 0.25) is 15.1 Å². The molecule has 1 atom stereocenters. The fourth-order valence-corrected chi connectivity index (χ4v) is 3.26. The average molecular weight is 421 g/mol. The number of rotatable bonds is 7. The summed E-state index contributed by atoms with van der Waals surface area (Å²) in [7, 11) is 0. The summed E-state index contributed by atoms with van der Waals surface area (Å²) in [6.45, 7) is 3.18. The molecule has 3 aromatic rings. The fourth-order valence-electron chi connectivity index (χ4n) is 2.74. The number of ether oxygens (including phenoxy) is 1. The van der Waals surface area contributed by atoms with Crippen LogP contribution in [0.1, 0.15) is 29.7 Å². The number of benzene rings is 3. The van der Waals surface area contributed by atoms with Crippen LogP contribution in [0, 0.1) is 0 Å². The minimum absolute atomic E-state index is 0.216. The third-order valence-corrected chi connectivity index (χ3v) is 5.27. The summed E-state index contributed by atoms with van der Waals surface area (Å²) in [5.41, 5.74) is 3.19. The molecule has 0 fully saturated rings. The SMILES string of the molecule is CC(NCc1cc(Cl)ccc1OCc1ccc(Cl)c(Cl)c1)c1ccccc1. The molecule has 0 amide bonds. The molecule has 5 heteroatoms. The first-order valence-corrected chi connectivity index (χ1v) is 9.80. The van der Waals surface area contributed by atoms with Crippen molar-refractivity contribution in [2.75, 3.05) is 0 Å². The molecule has 0 heterocycles. The van der Waals surface area contributed by atoms with Crippen LogP contribution in [-0.4, -0.2) is 0 Å². The Morgan fingerprint density at radius 1 is 0.889 bits per heavy atom. The second-order valence-corrected chi connectivity index (χ2v) is 7.55. The zero-order valence-electron chi connectivity index (χ0n) is 14.9. The van der Waals surface area contributed by atoms with Crippen molar-refractivity contribution in [1.82, 2.24) is 5.32 Å². The van der Waals surface area contributed by atoms with E-state index >= 15 is 0 Å². The predicted octanol–water partition coefficient (Wildman–Crippen LogP) is 7.08. The second kappa shape index (κ2) is 9.48. The number of halogens is 3. The minimum atomic E-state index is 0.216. The van der Waals surface area contributed by atoms with Crippen molar-refractivity contribution < 1.29 is 4.74 Å². The molecule has 0 spiro atoms. The van der Waals surface area contributed by atoms with Gasteiger partial charge < -0.3 is 10.1 Å². The monoisotopic (exact) mass is 419 g/mol. The van der Waals surface area contributed by atoms with E-state index in [2.05, 4.69) is 24.4 Å². The highest BCUT2D eigenvalue weighted by Gasteiger charge is 2.09. The van der Waals surface area contributed by atoms with E-state index in [1.54, 1.807) is 6.07 Å². The number of hydrogen-bond acceptors (Lipinski definition) is 2. The normalized spacial score (nSPS) is 12.0. The van der Waals surface area contributed by atoms with Crippen molar-refractivity contribution in [3.63, 3.8) is 0 Å². The average Bonchev–Trinajstić information content (AvgIpc) is 2.68. The molecule has 0 aromatic heterocycles. The molecule has 0 aliphatic carbocycles. The van der Waals surface area contributed by atoms with Crippen LogP contribution >= 0.6 is 34.8 Å². The maximum absolute atomic E-state index is 6.19. The van der Waals surface area contributed by atoms with E-state index in [-0.39, 0.29) is 6.04 Å². The van der Waals surface area contributed by atoms with Gasteiger partial charge in [-0.05, 0) is 48.4 Å². The van der Waals surface area contributed by atoms with Gasteiger partial charge in [-0.15, -0.1) is 0 Å². The van der Waals surface area contributed by atoms with Gasteiger partial charge in [0.15, 0.2) is 0 Å². The third-order valence-electron chi connectivity index (χ3n) is 4.30. The summed E-state index contributed by atoms with van der Waals surface area (Å²) in [6.07, 6.45) is 0. The Bertz CT molecular complexity index is 899. The van der Waals surface area contributed by atoms with Gasteiger partial charge in [0.1, 0.15) is 12.4 Å². The molecule has 1 N–H and O–H groups in total. The van der Waals surface area contributed by atoms with Crippen LogP contribution in [0.4, 0.5) is 0 Å². The maximum atomic E-state index is 6.19. The van der Waals surface area contributed by atoms with Crippen molar-refractivity contribution in [3.05, 3.63) is 98.5 Å². The first-order chi connectivity index (χ1) is 13.0. The lowest BCUT2D eigenvalue weighted by atomic mass is 10.1. The summed E-state index contributed by atoms with van der Waals surface area (Å²) in [6, 6.07) is 21.7. The van der Waals surface area contributed by atoms with Gasteiger partial charge in [-0.3, -0.25) is 0 Å². The van der Waals surface area contributed by atoms with Gasteiger partial charge in [-0.25, -0.2) is 0 Å². The number of hydrogen-bond donors (Lipinski definition) is 1. The fraction of sp³-hybridized carbons (Fsp3) is 0.182. The van der Waals surface area contributed by atoms with E-state index in [1.807, 2.05) is 48.5 Å². The van der Waals surface area contributed by atoms with Crippen molar-refractivity contribution in [1.29, 1.82) is 0 Å². The summed E-state index contributed by atoms with van der Waals surface area (Å²) in [4.78, 5) is 0. The van der Waals surface area contributed by atoms with Gasteiger partial charge in [0.2, 0.25) is 0 Å². The van der Waals surface area contributed by atoms with Crippen LogP contribution < -0.4 is 10.1 Å². The lowest BCUT2D eigenvalue weighted by molar-refractivity contribution is 0.301. The largest absolute Gasteiger partial charge is 0.489 e. The lowest BCUT2D eigenvalue weighted by Gasteiger charge is -2.17. The Kier molecular flexibility index (Phi) is 7.03. The van der Waals surface area contributed by atoms with Gasteiger partial charge in [0.05, 0.1) is 10.0 Å². The van der Waals surface area contributed by atoms with Crippen molar-refractivity contribution in [2.45, 2.75) is 26.1 Å². The Labute approximate surface area is 175 Å². The Morgan fingerprint density at radius 3 is 2.41 bits per heavy atom. The molecule has 0 radical (unpaired) electrons. The lowest BCUT2D eigenvalue weighted by Crippen LogP contribution is -2.18. The molecule has 3 aromatic carbocycles. The topological polar surface area (TPSA) is 21.3 Å². The van der Waals surface area contributed by atoms with Crippen LogP contribution in [0.25, 0.3) is 0 Å². The Balaban J connectivity index is 1.68. The Hall–Kier alpha value is -1.71. The molecule has 0 aliphatic heterocycles. The first kappa shape index (κ1) is 20.0. The highest BCUT2D eigenvalue weighted by atomic mass is 35.5. The zero-order valence-corrected chi connectivity index (χ0v) is 17.2. The van der Waals surface area contributed by atoms with Gasteiger partial charge in [-0.2, -0.15) is 0 Å². The first-order valence-electron chi connectivity index (χ1n) is 8.66. The van der Waals surface area contributed by atoms with Gasteiger partial charge in [-0.1, -0.05) is 71.2 Å². The van der Waals surface area contributed by atoms with E-state index in [1.165, 1.54) is 5.56 Å². The van der Waals surface area contributed by atoms with E-state index in [0.29, 0.717) is 28.2 Å². The standard InChI is InChI=1S/C22H20Cl3NO/c1-15(17-5-3-2-4-6-17)26-13-18-12-19(23)8-10-22(18)27-14-16-7-9-20(24)21(25)11-16/h2-12,15,26H,13-14H2,1H3. The molecule has 2 nitrogen and oxygen atoms in total. The molecular weight excluding hydrogens is 401 g/mol. The van der Waals surface area contributed by atoms with Gasteiger partial charge in [0.25, 0.3) is 0 Å². The van der Waals surface area contributed by atoms with Gasteiger partial charge in [0, 0.05) is 23.2 Å². The smallest absolute Gasteiger partial charge is 0.124 e. The second-order valence-electron chi connectivity index (χ2n) is 6.30. The third kappa shape index (κ3) is 5.63. The predicted molar refractivity (Wildman–Crippen MR) is 114 cm³/mol. The molecule has 0 bridgehead atoms. The quantitative estimate of drug-likeness (QED) is 0.441. The van der Waals surface area contributed by atoms with Crippen LogP contribution in [0.5, 0.6) is 5.75 Å². The Morgan fingerprint density at radius 2 is 1.67 bits per heavy atom.